The monoisotopic (exact) mass is 583 g/mol. The number of amides is 4. The van der Waals surface area contributed by atoms with E-state index >= 15 is 0 Å². The summed E-state index contributed by atoms with van der Waals surface area (Å²) in [5, 5.41) is 3.85. The SMILES string of the molecule is CC(C)(C)NC(=O)[C@H](Cc1ccccc1)N(Cc1ccc(Cl)cc1Cl)C(=O)CCN1C(=O)[C@H]2CC=CC[C@H]2C1=O. The average molecular weight is 585 g/mol. The first-order valence-corrected chi connectivity index (χ1v) is 14.3. The molecule has 0 aromatic heterocycles. The lowest BCUT2D eigenvalue weighted by molar-refractivity contribution is -0.144. The van der Waals surface area contributed by atoms with Gasteiger partial charge in [-0.15, -0.1) is 0 Å². The molecule has 1 saturated heterocycles. The number of allylic oxidation sites excluding steroid dienone is 2. The van der Waals surface area contributed by atoms with Crippen LogP contribution in [0.25, 0.3) is 0 Å². The van der Waals surface area contributed by atoms with Crippen molar-refractivity contribution in [3.8, 4) is 0 Å². The van der Waals surface area contributed by atoms with E-state index in [1.54, 1.807) is 18.2 Å². The number of benzene rings is 2. The molecule has 1 aliphatic heterocycles. The minimum atomic E-state index is -0.863. The largest absolute Gasteiger partial charge is 0.350 e. The zero-order valence-corrected chi connectivity index (χ0v) is 24.5. The molecular formula is C31H35Cl2N3O4. The summed E-state index contributed by atoms with van der Waals surface area (Å²) in [6.07, 6.45) is 5.10. The Morgan fingerprint density at radius 3 is 2.20 bits per heavy atom. The van der Waals surface area contributed by atoms with Crippen LogP contribution < -0.4 is 5.32 Å². The van der Waals surface area contributed by atoms with Crippen molar-refractivity contribution in [3.63, 3.8) is 0 Å². The molecule has 3 atom stereocenters. The molecule has 4 amide bonds. The van der Waals surface area contributed by atoms with Gasteiger partial charge in [0.2, 0.25) is 23.6 Å². The zero-order valence-electron chi connectivity index (χ0n) is 23.0. The molecule has 1 aliphatic carbocycles. The summed E-state index contributed by atoms with van der Waals surface area (Å²) in [6, 6.07) is 13.6. The molecule has 9 heteroatoms. The predicted molar refractivity (Wildman–Crippen MR) is 156 cm³/mol. The predicted octanol–water partition coefficient (Wildman–Crippen LogP) is 5.19. The summed E-state index contributed by atoms with van der Waals surface area (Å²) in [6.45, 7) is 5.66. The average Bonchev–Trinajstić information content (AvgIpc) is 3.14. The van der Waals surface area contributed by atoms with Crippen LogP contribution >= 0.6 is 23.2 Å². The van der Waals surface area contributed by atoms with E-state index in [2.05, 4.69) is 5.32 Å². The molecule has 0 radical (unpaired) electrons. The Kier molecular flexibility index (Phi) is 9.37. The van der Waals surface area contributed by atoms with E-state index in [0.717, 1.165) is 5.56 Å². The standard InChI is InChI=1S/C31H35Cl2N3O4/c1-31(2,3)34-28(38)26(17-20-9-5-4-6-10-20)36(19-21-13-14-22(32)18-25(21)33)27(37)15-16-35-29(39)23-11-7-8-12-24(23)30(35)40/h4-10,13-14,18,23-24,26H,11-12,15-17,19H2,1-3H3,(H,34,38)/t23-,24+,26-/m0/s1. The summed E-state index contributed by atoms with van der Waals surface area (Å²) < 4.78 is 0. The second kappa shape index (κ2) is 12.6. The van der Waals surface area contributed by atoms with E-state index < -0.39 is 11.6 Å². The molecule has 7 nitrogen and oxygen atoms in total. The van der Waals surface area contributed by atoms with Gasteiger partial charge in [-0.3, -0.25) is 24.1 Å². The van der Waals surface area contributed by atoms with Gasteiger partial charge in [0.15, 0.2) is 0 Å². The highest BCUT2D eigenvalue weighted by Gasteiger charge is 2.47. The van der Waals surface area contributed by atoms with E-state index in [-0.39, 0.29) is 61.4 Å². The Morgan fingerprint density at radius 2 is 1.62 bits per heavy atom. The van der Waals surface area contributed by atoms with Crippen molar-refractivity contribution in [2.75, 3.05) is 6.54 Å². The maximum atomic E-state index is 13.9. The molecule has 0 bridgehead atoms. The molecule has 212 valence electrons. The molecular weight excluding hydrogens is 549 g/mol. The first kappa shape index (κ1) is 29.8. The van der Waals surface area contributed by atoms with Crippen LogP contribution in [-0.4, -0.2) is 51.6 Å². The summed E-state index contributed by atoms with van der Waals surface area (Å²) >= 11 is 12.6. The Bertz CT molecular complexity index is 1280. The zero-order chi connectivity index (χ0) is 29.0. The van der Waals surface area contributed by atoms with E-state index in [1.165, 1.54) is 9.80 Å². The Morgan fingerprint density at radius 1 is 1.00 bits per heavy atom. The van der Waals surface area contributed by atoms with Crippen LogP contribution in [0.1, 0.15) is 51.2 Å². The highest BCUT2D eigenvalue weighted by molar-refractivity contribution is 6.35. The summed E-state index contributed by atoms with van der Waals surface area (Å²) in [4.78, 5) is 56.3. The Hall–Kier alpha value is -3.16. The quantitative estimate of drug-likeness (QED) is 0.325. The summed E-state index contributed by atoms with van der Waals surface area (Å²) in [7, 11) is 0. The molecule has 2 aliphatic rings. The molecule has 2 aromatic rings. The number of likely N-dealkylation sites (tertiary alicyclic amines) is 1. The maximum Gasteiger partial charge on any atom is 0.243 e. The van der Waals surface area contributed by atoms with Crippen LogP contribution in [0.5, 0.6) is 0 Å². The molecule has 1 heterocycles. The molecule has 2 aromatic carbocycles. The van der Waals surface area contributed by atoms with Crippen LogP contribution in [0, 0.1) is 11.8 Å². The van der Waals surface area contributed by atoms with Crippen molar-refractivity contribution in [2.45, 2.75) is 64.6 Å². The first-order valence-electron chi connectivity index (χ1n) is 13.5. The second-order valence-corrected chi connectivity index (χ2v) is 12.3. The lowest BCUT2D eigenvalue weighted by Gasteiger charge is -2.34. The van der Waals surface area contributed by atoms with Crippen molar-refractivity contribution in [3.05, 3.63) is 81.9 Å². The van der Waals surface area contributed by atoms with Gasteiger partial charge >= 0.3 is 0 Å². The van der Waals surface area contributed by atoms with Gasteiger partial charge in [0.25, 0.3) is 0 Å². The topological polar surface area (TPSA) is 86.8 Å². The van der Waals surface area contributed by atoms with Crippen LogP contribution in [0.3, 0.4) is 0 Å². The number of nitrogens with zero attached hydrogens (tertiary/aromatic N) is 2. The fraction of sp³-hybridized carbons (Fsp3) is 0.419. The number of nitrogens with one attached hydrogen (secondary N) is 1. The van der Waals surface area contributed by atoms with E-state index in [4.69, 9.17) is 23.2 Å². The third-order valence-electron chi connectivity index (χ3n) is 7.27. The van der Waals surface area contributed by atoms with Crippen LogP contribution in [0.15, 0.2) is 60.7 Å². The van der Waals surface area contributed by atoms with Gasteiger partial charge in [0.05, 0.1) is 11.8 Å². The van der Waals surface area contributed by atoms with Crippen LogP contribution in [0.4, 0.5) is 0 Å². The van der Waals surface area contributed by atoms with Crippen molar-refractivity contribution >= 4 is 46.8 Å². The number of carbonyl (C=O) groups is 4. The molecule has 0 spiro atoms. The smallest absolute Gasteiger partial charge is 0.243 e. The van der Waals surface area contributed by atoms with Crippen molar-refractivity contribution in [2.24, 2.45) is 11.8 Å². The third kappa shape index (κ3) is 7.12. The number of imide groups is 1. The lowest BCUT2D eigenvalue weighted by atomic mass is 9.85. The van der Waals surface area contributed by atoms with E-state index in [0.29, 0.717) is 28.5 Å². The van der Waals surface area contributed by atoms with Crippen molar-refractivity contribution in [1.82, 2.24) is 15.1 Å². The maximum absolute atomic E-state index is 13.9. The van der Waals surface area contributed by atoms with Gasteiger partial charge < -0.3 is 10.2 Å². The van der Waals surface area contributed by atoms with Crippen LogP contribution in [0.2, 0.25) is 10.0 Å². The molecule has 0 saturated carbocycles. The van der Waals surface area contributed by atoms with Crippen molar-refractivity contribution in [1.29, 1.82) is 0 Å². The van der Waals surface area contributed by atoms with Crippen LogP contribution in [-0.2, 0) is 32.1 Å². The summed E-state index contributed by atoms with van der Waals surface area (Å²) in [5.41, 5.74) is 0.988. The minimum Gasteiger partial charge on any atom is -0.350 e. The number of hydrogen-bond acceptors (Lipinski definition) is 4. The first-order chi connectivity index (χ1) is 18.9. The van der Waals surface area contributed by atoms with Gasteiger partial charge in [-0.2, -0.15) is 0 Å². The highest BCUT2D eigenvalue weighted by atomic mass is 35.5. The fourth-order valence-corrected chi connectivity index (χ4v) is 5.75. The normalized spacial score (nSPS) is 19.4. The van der Waals surface area contributed by atoms with E-state index in [9.17, 15) is 19.2 Å². The number of carbonyl (C=O) groups excluding carboxylic acids is 4. The van der Waals surface area contributed by atoms with E-state index in [1.807, 2.05) is 63.3 Å². The second-order valence-electron chi connectivity index (χ2n) is 11.4. The number of fused-ring (bicyclic) bond motifs is 1. The third-order valence-corrected chi connectivity index (χ3v) is 7.86. The Labute approximate surface area is 245 Å². The number of halogens is 2. The molecule has 40 heavy (non-hydrogen) atoms. The highest BCUT2D eigenvalue weighted by Crippen LogP contribution is 2.35. The summed E-state index contributed by atoms with van der Waals surface area (Å²) in [5.74, 6) is -1.85. The number of hydrogen-bond donors (Lipinski definition) is 1. The van der Waals surface area contributed by atoms with Gasteiger partial charge in [-0.1, -0.05) is 71.8 Å². The van der Waals surface area contributed by atoms with Gasteiger partial charge in [0.1, 0.15) is 6.04 Å². The molecule has 1 N–H and O–H groups in total. The minimum absolute atomic E-state index is 0.0344. The van der Waals surface area contributed by atoms with Crippen molar-refractivity contribution < 1.29 is 19.2 Å². The molecule has 0 unspecified atom stereocenters. The van der Waals surface area contributed by atoms with Gasteiger partial charge in [-0.25, -0.2) is 0 Å². The lowest BCUT2D eigenvalue weighted by Crippen LogP contribution is -2.54. The van der Waals surface area contributed by atoms with Gasteiger partial charge in [-0.05, 0) is 56.9 Å². The Balaban J connectivity index is 1.63. The molecule has 4 rings (SSSR count). The van der Waals surface area contributed by atoms with Gasteiger partial charge in [0, 0.05) is 41.5 Å². The fourth-order valence-electron chi connectivity index (χ4n) is 5.28. The molecule has 1 fully saturated rings. The number of rotatable bonds is 9.